The lowest BCUT2D eigenvalue weighted by Crippen LogP contribution is -2.35. The summed E-state index contributed by atoms with van der Waals surface area (Å²) >= 11 is 1.51. The van der Waals surface area contributed by atoms with E-state index in [1.165, 1.54) is 17.8 Å². The number of hydrogen-bond donors (Lipinski definition) is 2. The van der Waals surface area contributed by atoms with E-state index in [1.54, 1.807) is 11.4 Å². The van der Waals surface area contributed by atoms with Crippen LogP contribution in [0.25, 0.3) is 0 Å². The third-order valence-corrected chi connectivity index (χ3v) is 6.18. The fourth-order valence-electron chi connectivity index (χ4n) is 2.49. The molecule has 0 unspecified atom stereocenters. The Balaban J connectivity index is 1.94. The average Bonchev–Trinajstić information content (AvgIpc) is 2.89. The Morgan fingerprint density at radius 1 is 1.30 bits per heavy atom. The summed E-state index contributed by atoms with van der Waals surface area (Å²) in [6, 6.07) is 1.91. The number of thiophene rings is 1. The van der Waals surface area contributed by atoms with Gasteiger partial charge in [0.15, 0.2) is 0 Å². The largest absolute Gasteiger partial charge is 0.312 e. The highest BCUT2D eigenvalue weighted by Gasteiger charge is 2.22. The number of hydrogen-bond acceptors (Lipinski definition) is 4. The molecule has 0 bridgehead atoms. The Morgan fingerprint density at radius 2 is 2.05 bits per heavy atom. The summed E-state index contributed by atoms with van der Waals surface area (Å²) in [5.74, 6) is 0. The molecule has 2 rings (SSSR count). The first-order valence-corrected chi connectivity index (χ1v) is 9.78. The van der Waals surface area contributed by atoms with Crippen LogP contribution >= 0.6 is 11.3 Å². The highest BCUT2D eigenvalue weighted by Crippen LogP contribution is 2.22. The zero-order valence-corrected chi connectivity index (χ0v) is 13.7. The normalized spacial score (nSPS) is 17.4. The zero-order valence-electron chi connectivity index (χ0n) is 12.0. The van der Waals surface area contributed by atoms with Crippen molar-refractivity contribution in [2.24, 2.45) is 0 Å². The molecular weight excluding hydrogens is 292 g/mol. The highest BCUT2D eigenvalue weighted by molar-refractivity contribution is 7.89. The van der Waals surface area contributed by atoms with Crippen LogP contribution in [-0.2, 0) is 16.6 Å². The van der Waals surface area contributed by atoms with Crippen molar-refractivity contribution < 1.29 is 8.42 Å². The standard InChI is InChI=1S/C14H24N2O2S2/c1-2-8-15-10-13-9-14(11-19-13)20(17,18)16-12-6-4-3-5-7-12/h9,11-12,15-16H,2-8,10H2,1H3. The average molecular weight is 316 g/mol. The smallest absolute Gasteiger partial charge is 0.241 e. The van der Waals surface area contributed by atoms with Crippen molar-refractivity contribution in [1.82, 2.24) is 10.0 Å². The molecule has 1 aliphatic carbocycles. The highest BCUT2D eigenvalue weighted by atomic mass is 32.2. The maximum atomic E-state index is 12.3. The molecule has 0 spiro atoms. The van der Waals surface area contributed by atoms with E-state index in [-0.39, 0.29) is 6.04 Å². The van der Waals surface area contributed by atoms with Crippen LogP contribution in [-0.4, -0.2) is 21.0 Å². The second-order valence-electron chi connectivity index (χ2n) is 5.38. The predicted molar refractivity (Wildman–Crippen MR) is 83.5 cm³/mol. The van der Waals surface area contributed by atoms with Crippen molar-refractivity contribution in [3.63, 3.8) is 0 Å². The Kier molecular flexibility index (Phi) is 6.01. The van der Waals surface area contributed by atoms with Crippen LogP contribution in [0.2, 0.25) is 0 Å². The van der Waals surface area contributed by atoms with Crippen LogP contribution < -0.4 is 10.0 Å². The summed E-state index contributed by atoms with van der Waals surface area (Å²) in [6.45, 7) is 3.82. The van der Waals surface area contributed by atoms with Crippen molar-refractivity contribution >= 4 is 21.4 Å². The van der Waals surface area contributed by atoms with Crippen LogP contribution in [0.3, 0.4) is 0 Å². The molecular formula is C14H24N2O2S2. The third kappa shape index (κ3) is 4.55. The lowest BCUT2D eigenvalue weighted by Gasteiger charge is -2.22. The molecule has 0 amide bonds. The second-order valence-corrected chi connectivity index (χ2v) is 8.09. The first-order valence-electron chi connectivity index (χ1n) is 7.42. The molecule has 0 aromatic carbocycles. The minimum atomic E-state index is -3.34. The number of nitrogens with one attached hydrogen (secondary N) is 2. The van der Waals surface area contributed by atoms with Gasteiger partial charge < -0.3 is 5.32 Å². The van der Waals surface area contributed by atoms with Crippen molar-refractivity contribution in [2.75, 3.05) is 6.54 Å². The Bertz CT molecular complexity index is 505. The lowest BCUT2D eigenvalue weighted by atomic mass is 9.96. The molecule has 20 heavy (non-hydrogen) atoms. The summed E-state index contributed by atoms with van der Waals surface area (Å²) in [7, 11) is -3.34. The Morgan fingerprint density at radius 3 is 2.75 bits per heavy atom. The molecule has 1 aromatic heterocycles. The zero-order chi connectivity index (χ0) is 14.4. The number of sulfonamides is 1. The molecule has 1 aromatic rings. The van der Waals surface area contributed by atoms with Crippen LogP contribution in [0.4, 0.5) is 0 Å². The summed E-state index contributed by atoms with van der Waals surface area (Å²) < 4.78 is 27.5. The van der Waals surface area contributed by atoms with Crippen LogP contribution in [0.1, 0.15) is 50.3 Å². The fourth-order valence-corrected chi connectivity index (χ4v) is 5.04. The van der Waals surface area contributed by atoms with Gasteiger partial charge >= 0.3 is 0 Å². The van der Waals surface area contributed by atoms with Crippen LogP contribution in [0, 0.1) is 0 Å². The van der Waals surface area contributed by atoms with Crippen molar-refractivity contribution in [1.29, 1.82) is 0 Å². The molecule has 0 radical (unpaired) electrons. The van der Waals surface area contributed by atoms with Gasteiger partial charge in [-0.15, -0.1) is 11.3 Å². The van der Waals surface area contributed by atoms with Gasteiger partial charge in [-0.2, -0.15) is 0 Å². The van der Waals surface area contributed by atoms with Gasteiger partial charge in [0.25, 0.3) is 0 Å². The number of rotatable bonds is 7. The second kappa shape index (κ2) is 7.54. The van der Waals surface area contributed by atoms with Crippen LogP contribution in [0.15, 0.2) is 16.3 Å². The Labute approximate surface area is 126 Å². The molecule has 1 saturated carbocycles. The summed E-state index contributed by atoms with van der Waals surface area (Å²) in [5, 5.41) is 5.04. The van der Waals surface area contributed by atoms with Crippen molar-refractivity contribution in [3.05, 3.63) is 16.3 Å². The summed E-state index contributed by atoms with van der Waals surface area (Å²) in [4.78, 5) is 1.49. The molecule has 0 atom stereocenters. The van der Waals surface area contributed by atoms with Gasteiger partial charge in [-0.25, -0.2) is 13.1 Å². The van der Waals surface area contributed by atoms with E-state index in [0.29, 0.717) is 4.90 Å². The molecule has 114 valence electrons. The molecule has 6 heteroatoms. The van der Waals surface area contributed by atoms with Crippen molar-refractivity contribution in [2.45, 2.75) is 62.9 Å². The van der Waals surface area contributed by atoms with E-state index >= 15 is 0 Å². The SMILES string of the molecule is CCCNCc1cc(S(=O)(=O)NC2CCCCC2)cs1. The summed E-state index contributed by atoms with van der Waals surface area (Å²) in [5.41, 5.74) is 0. The summed E-state index contributed by atoms with van der Waals surface area (Å²) in [6.07, 6.45) is 6.50. The van der Waals surface area contributed by atoms with Gasteiger partial charge in [-0.1, -0.05) is 26.2 Å². The van der Waals surface area contributed by atoms with E-state index in [1.807, 2.05) is 0 Å². The quantitative estimate of drug-likeness (QED) is 0.761. The monoisotopic (exact) mass is 316 g/mol. The fraction of sp³-hybridized carbons (Fsp3) is 0.714. The van der Waals surface area contributed by atoms with Gasteiger partial charge in [0.2, 0.25) is 10.0 Å². The van der Waals surface area contributed by atoms with E-state index < -0.39 is 10.0 Å². The molecule has 0 saturated heterocycles. The topological polar surface area (TPSA) is 58.2 Å². The minimum Gasteiger partial charge on any atom is -0.312 e. The first kappa shape index (κ1) is 15.9. The van der Waals surface area contributed by atoms with Gasteiger partial charge in [-0.3, -0.25) is 0 Å². The molecule has 1 fully saturated rings. The van der Waals surface area contributed by atoms with E-state index in [0.717, 1.165) is 50.1 Å². The maximum Gasteiger partial charge on any atom is 0.241 e. The molecule has 1 aliphatic rings. The maximum absolute atomic E-state index is 12.3. The lowest BCUT2D eigenvalue weighted by molar-refractivity contribution is 0.412. The third-order valence-electron chi connectivity index (χ3n) is 3.59. The van der Waals surface area contributed by atoms with E-state index in [9.17, 15) is 8.42 Å². The first-order chi connectivity index (χ1) is 9.62. The Hall–Kier alpha value is -0.430. The molecule has 2 N–H and O–H groups in total. The van der Waals surface area contributed by atoms with Gasteiger partial charge in [0, 0.05) is 22.8 Å². The van der Waals surface area contributed by atoms with Gasteiger partial charge in [0.1, 0.15) is 0 Å². The molecule has 1 heterocycles. The van der Waals surface area contributed by atoms with Crippen LogP contribution in [0.5, 0.6) is 0 Å². The minimum absolute atomic E-state index is 0.121. The van der Waals surface area contributed by atoms with Crippen molar-refractivity contribution in [3.8, 4) is 0 Å². The molecule has 4 nitrogen and oxygen atoms in total. The predicted octanol–water partition coefficient (Wildman–Crippen LogP) is 2.86. The van der Waals surface area contributed by atoms with Gasteiger partial charge in [-0.05, 0) is 31.9 Å². The van der Waals surface area contributed by atoms with Gasteiger partial charge in [0.05, 0.1) is 4.90 Å². The van der Waals surface area contributed by atoms with E-state index in [2.05, 4.69) is 17.0 Å². The molecule has 0 aliphatic heterocycles. The van der Waals surface area contributed by atoms with E-state index in [4.69, 9.17) is 0 Å².